The van der Waals surface area contributed by atoms with Crippen LogP contribution in [0.15, 0.2) is 18.3 Å². The summed E-state index contributed by atoms with van der Waals surface area (Å²) in [6.07, 6.45) is 5.96. The molecular formula is C13H13N3O4. The number of anilines is 1. The number of aromatic carboxylic acids is 1. The molecule has 1 aromatic rings. The molecule has 2 heterocycles. The second kappa shape index (κ2) is 4.29. The molecule has 2 amide bonds. The Morgan fingerprint density at radius 1 is 1.25 bits per heavy atom. The van der Waals surface area contributed by atoms with E-state index in [1.54, 1.807) is 0 Å². The zero-order valence-electron chi connectivity index (χ0n) is 10.8. The molecule has 1 N–H and O–H groups in total. The van der Waals surface area contributed by atoms with Gasteiger partial charge < -0.3 is 5.11 Å². The van der Waals surface area contributed by atoms with Crippen LogP contribution in [0.1, 0.15) is 23.2 Å². The zero-order valence-corrected chi connectivity index (χ0v) is 10.8. The van der Waals surface area contributed by atoms with Gasteiger partial charge >= 0.3 is 5.97 Å². The van der Waals surface area contributed by atoms with Crippen molar-refractivity contribution in [3.63, 3.8) is 0 Å². The van der Waals surface area contributed by atoms with E-state index in [1.165, 1.54) is 11.7 Å². The molecule has 1 aromatic heterocycles. The molecule has 0 bridgehead atoms. The monoisotopic (exact) mass is 275 g/mol. The van der Waals surface area contributed by atoms with E-state index in [0.29, 0.717) is 12.8 Å². The second-order valence-electron chi connectivity index (χ2n) is 4.98. The topological polar surface area (TPSA) is 92.5 Å². The van der Waals surface area contributed by atoms with E-state index in [4.69, 9.17) is 5.11 Å². The van der Waals surface area contributed by atoms with Crippen molar-refractivity contribution in [1.29, 1.82) is 0 Å². The average Bonchev–Trinajstić information content (AvgIpc) is 2.91. The fourth-order valence-electron chi connectivity index (χ4n) is 2.86. The van der Waals surface area contributed by atoms with Crippen molar-refractivity contribution in [2.24, 2.45) is 18.9 Å². The van der Waals surface area contributed by atoms with Crippen LogP contribution in [-0.4, -0.2) is 32.7 Å². The van der Waals surface area contributed by atoms with Crippen LogP contribution in [0.4, 0.5) is 5.82 Å². The van der Waals surface area contributed by atoms with Crippen LogP contribution in [0.5, 0.6) is 0 Å². The standard InChI is InChI=1S/C13H13N3O4/c1-15-10(9(6-14-15)13(19)20)16-11(17)7-4-2-3-5-8(7)12(16)18/h2-3,6-8H,4-5H2,1H3,(H,19,20). The smallest absolute Gasteiger partial charge is 0.341 e. The summed E-state index contributed by atoms with van der Waals surface area (Å²) in [5.74, 6) is -2.61. The SMILES string of the molecule is Cn1ncc(C(=O)O)c1N1C(=O)C2CC=CCC2C1=O. The fraction of sp³-hybridized carbons (Fsp3) is 0.385. The van der Waals surface area contributed by atoms with Gasteiger partial charge in [0.1, 0.15) is 5.56 Å². The summed E-state index contributed by atoms with van der Waals surface area (Å²) < 4.78 is 1.25. The van der Waals surface area contributed by atoms with E-state index >= 15 is 0 Å². The molecule has 7 heteroatoms. The van der Waals surface area contributed by atoms with Gasteiger partial charge in [-0.3, -0.25) is 14.3 Å². The third-order valence-corrected chi connectivity index (χ3v) is 3.86. The first-order chi connectivity index (χ1) is 9.52. The molecule has 0 radical (unpaired) electrons. The number of amides is 2. The first-order valence-electron chi connectivity index (χ1n) is 6.30. The largest absolute Gasteiger partial charge is 0.477 e. The van der Waals surface area contributed by atoms with Gasteiger partial charge in [-0.05, 0) is 12.8 Å². The maximum absolute atomic E-state index is 12.4. The van der Waals surface area contributed by atoms with Crippen molar-refractivity contribution < 1.29 is 19.5 Å². The van der Waals surface area contributed by atoms with E-state index in [2.05, 4.69) is 5.10 Å². The van der Waals surface area contributed by atoms with E-state index in [9.17, 15) is 14.4 Å². The zero-order chi connectivity index (χ0) is 14.4. The highest BCUT2D eigenvalue weighted by Crippen LogP contribution is 2.38. The lowest BCUT2D eigenvalue weighted by molar-refractivity contribution is -0.122. The number of hydrogen-bond acceptors (Lipinski definition) is 4. The Balaban J connectivity index is 2.08. The maximum atomic E-state index is 12.4. The Morgan fingerprint density at radius 2 is 1.80 bits per heavy atom. The lowest BCUT2D eigenvalue weighted by Gasteiger charge is -2.15. The molecule has 3 rings (SSSR count). The van der Waals surface area contributed by atoms with Gasteiger partial charge in [-0.2, -0.15) is 5.10 Å². The summed E-state index contributed by atoms with van der Waals surface area (Å²) in [6, 6.07) is 0. The first-order valence-corrected chi connectivity index (χ1v) is 6.30. The van der Waals surface area contributed by atoms with Gasteiger partial charge in [-0.25, -0.2) is 9.69 Å². The minimum absolute atomic E-state index is 0.0434. The van der Waals surface area contributed by atoms with E-state index in [1.807, 2.05) is 12.2 Å². The summed E-state index contributed by atoms with van der Waals surface area (Å²) in [7, 11) is 1.52. The molecule has 2 unspecified atom stereocenters. The molecule has 0 saturated carbocycles. The quantitative estimate of drug-likeness (QED) is 0.629. The Hall–Kier alpha value is -2.44. The predicted molar refractivity (Wildman–Crippen MR) is 68.0 cm³/mol. The highest BCUT2D eigenvalue weighted by Gasteiger charge is 2.49. The summed E-state index contributed by atoms with van der Waals surface area (Å²) >= 11 is 0. The average molecular weight is 275 g/mol. The molecule has 104 valence electrons. The number of aromatic nitrogens is 2. The lowest BCUT2D eigenvalue weighted by Crippen LogP contribution is -2.33. The van der Waals surface area contributed by atoms with Crippen LogP contribution < -0.4 is 4.90 Å². The van der Waals surface area contributed by atoms with Gasteiger partial charge in [0, 0.05) is 7.05 Å². The highest BCUT2D eigenvalue weighted by molar-refractivity contribution is 6.23. The molecule has 7 nitrogen and oxygen atoms in total. The Kier molecular flexibility index (Phi) is 2.70. The van der Waals surface area contributed by atoms with E-state index in [0.717, 1.165) is 11.1 Å². The number of carbonyl (C=O) groups is 3. The molecule has 2 atom stereocenters. The normalized spacial score (nSPS) is 25.1. The van der Waals surface area contributed by atoms with E-state index in [-0.39, 0.29) is 35.0 Å². The molecule has 1 fully saturated rings. The number of imide groups is 1. The van der Waals surface area contributed by atoms with Gasteiger partial charge in [0.05, 0.1) is 18.0 Å². The Labute approximate surface area is 114 Å². The molecule has 20 heavy (non-hydrogen) atoms. The summed E-state index contributed by atoms with van der Waals surface area (Å²) in [6.45, 7) is 0. The first kappa shape index (κ1) is 12.6. The van der Waals surface area contributed by atoms with E-state index < -0.39 is 5.97 Å². The molecular weight excluding hydrogens is 262 g/mol. The minimum Gasteiger partial charge on any atom is -0.477 e. The number of carboxylic acids is 1. The van der Waals surface area contributed by atoms with Gasteiger partial charge in [0.25, 0.3) is 0 Å². The highest BCUT2D eigenvalue weighted by atomic mass is 16.4. The number of allylic oxidation sites excluding steroid dienone is 2. The van der Waals surface area contributed by atoms with Gasteiger partial charge in [0.2, 0.25) is 11.8 Å². The Bertz CT molecular complexity index is 620. The molecule has 0 spiro atoms. The fourth-order valence-corrected chi connectivity index (χ4v) is 2.86. The van der Waals surface area contributed by atoms with Gasteiger partial charge in [-0.1, -0.05) is 12.2 Å². The van der Waals surface area contributed by atoms with Crippen molar-refractivity contribution >= 4 is 23.6 Å². The number of carboxylic acid groups (broad SMARTS) is 1. The lowest BCUT2D eigenvalue weighted by atomic mass is 9.85. The third-order valence-electron chi connectivity index (χ3n) is 3.86. The molecule has 0 aromatic carbocycles. The number of fused-ring (bicyclic) bond motifs is 1. The summed E-state index contributed by atoms with van der Waals surface area (Å²) in [5, 5.41) is 13.0. The van der Waals surface area contributed by atoms with Crippen LogP contribution in [0.25, 0.3) is 0 Å². The number of nitrogens with zero attached hydrogens (tertiary/aromatic N) is 3. The number of carbonyl (C=O) groups excluding carboxylic acids is 2. The van der Waals surface area contributed by atoms with Crippen molar-refractivity contribution in [3.8, 4) is 0 Å². The molecule has 1 aliphatic carbocycles. The minimum atomic E-state index is -1.21. The van der Waals surface area contributed by atoms with Gasteiger partial charge in [-0.15, -0.1) is 0 Å². The van der Waals surface area contributed by atoms with Crippen molar-refractivity contribution in [2.75, 3.05) is 4.90 Å². The number of rotatable bonds is 2. The predicted octanol–water partition coefficient (Wildman–Crippen LogP) is 0.574. The summed E-state index contributed by atoms with van der Waals surface area (Å²) in [4.78, 5) is 37.0. The van der Waals surface area contributed by atoms with Gasteiger partial charge in [0.15, 0.2) is 5.82 Å². The third kappa shape index (κ3) is 1.59. The van der Waals surface area contributed by atoms with Crippen molar-refractivity contribution in [3.05, 3.63) is 23.9 Å². The molecule has 1 aliphatic heterocycles. The van der Waals surface area contributed by atoms with Crippen molar-refractivity contribution in [1.82, 2.24) is 9.78 Å². The number of hydrogen-bond donors (Lipinski definition) is 1. The Morgan fingerprint density at radius 3 is 2.30 bits per heavy atom. The van der Waals surface area contributed by atoms with Crippen LogP contribution in [0.3, 0.4) is 0 Å². The summed E-state index contributed by atoms with van der Waals surface area (Å²) in [5.41, 5.74) is -0.138. The molecule has 1 saturated heterocycles. The van der Waals surface area contributed by atoms with Crippen LogP contribution in [0, 0.1) is 11.8 Å². The van der Waals surface area contributed by atoms with Crippen LogP contribution in [-0.2, 0) is 16.6 Å². The molecule has 2 aliphatic rings. The number of aryl methyl sites for hydroxylation is 1. The van der Waals surface area contributed by atoms with Crippen LogP contribution in [0.2, 0.25) is 0 Å². The van der Waals surface area contributed by atoms with Crippen LogP contribution >= 0.6 is 0 Å². The van der Waals surface area contributed by atoms with Crippen molar-refractivity contribution in [2.45, 2.75) is 12.8 Å². The maximum Gasteiger partial charge on any atom is 0.341 e. The second-order valence-corrected chi connectivity index (χ2v) is 4.98.